The fourth-order valence-corrected chi connectivity index (χ4v) is 8.62. The standard InChI is InChI=1S/C30H23Br2NO5/c1-16-11-12-17(2)18(13-16)23(34)15-38-24(35)14-33-27(36)25-26(28(33)37)30(32)20-8-4-3-7-19(20)29(25,31)21-9-5-6-10-22(21)30/h3-13,25-26H,14-15H2,1-2H3/t25-,26-,29?,30?/m0/s1. The number of Topliss-reactive ketones (excluding diaryl/α,β-unsaturated/α-hetero) is 1. The van der Waals surface area contributed by atoms with Gasteiger partial charge in [0.2, 0.25) is 17.6 Å². The third-order valence-corrected chi connectivity index (χ3v) is 10.7. The van der Waals surface area contributed by atoms with E-state index in [0.29, 0.717) is 5.56 Å². The summed E-state index contributed by atoms with van der Waals surface area (Å²) < 4.78 is 3.40. The van der Waals surface area contributed by atoms with Crippen LogP contribution in [0, 0.1) is 25.7 Å². The molecule has 4 aliphatic rings. The maximum Gasteiger partial charge on any atom is 0.326 e. The van der Waals surface area contributed by atoms with E-state index in [1.165, 1.54) is 0 Å². The molecule has 1 saturated heterocycles. The van der Waals surface area contributed by atoms with Crippen LogP contribution in [0.2, 0.25) is 0 Å². The Morgan fingerprint density at radius 1 is 0.816 bits per heavy atom. The Kier molecular flexibility index (Phi) is 5.78. The van der Waals surface area contributed by atoms with Crippen molar-refractivity contribution in [3.63, 3.8) is 0 Å². The number of hydrogen-bond acceptors (Lipinski definition) is 5. The number of halogens is 2. The van der Waals surface area contributed by atoms with Crippen LogP contribution in [0.15, 0.2) is 66.7 Å². The minimum Gasteiger partial charge on any atom is -0.456 e. The number of aryl methyl sites for hydroxylation is 2. The number of amides is 2. The molecular weight excluding hydrogens is 614 g/mol. The Morgan fingerprint density at radius 3 is 1.76 bits per heavy atom. The van der Waals surface area contributed by atoms with E-state index < -0.39 is 51.4 Å². The van der Waals surface area contributed by atoms with Crippen molar-refractivity contribution in [2.45, 2.75) is 22.5 Å². The van der Waals surface area contributed by atoms with E-state index in [0.717, 1.165) is 38.3 Å². The quantitative estimate of drug-likeness (QED) is 0.172. The van der Waals surface area contributed by atoms with E-state index in [-0.39, 0.29) is 5.78 Å². The van der Waals surface area contributed by atoms with Gasteiger partial charge in [-0.1, -0.05) is 98.1 Å². The largest absolute Gasteiger partial charge is 0.456 e. The van der Waals surface area contributed by atoms with Crippen molar-refractivity contribution in [1.29, 1.82) is 0 Å². The van der Waals surface area contributed by atoms with Gasteiger partial charge >= 0.3 is 5.97 Å². The number of esters is 1. The van der Waals surface area contributed by atoms with E-state index in [1.807, 2.05) is 74.5 Å². The lowest BCUT2D eigenvalue weighted by atomic mass is 9.54. The number of hydrogen-bond donors (Lipinski definition) is 0. The molecule has 3 aromatic carbocycles. The lowest BCUT2D eigenvalue weighted by molar-refractivity contribution is -0.152. The average molecular weight is 637 g/mol. The molecule has 0 radical (unpaired) electrons. The first kappa shape index (κ1) is 25.2. The smallest absolute Gasteiger partial charge is 0.326 e. The lowest BCUT2D eigenvalue weighted by Gasteiger charge is -2.55. The Morgan fingerprint density at radius 2 is 1.29 bits per heavy atom. The molecular formula is C30H23Br2NO5. The Labute approximate surface area is 236 Å². The van der Waals surface area contributed by atoms with Crippen LogP contribution in [0.25, 0.3) is 0 Å². The summed E-state index contributed by atoms with van der Waals surface area (Å²) in [7, 11) is 0. The zero-order valence-electron chi connectivity index (χ0n) is 20.7. The average Bonchev–Trinajstić information content (AvgIpc) is 3.17. The highest BCUT2D eigenvalue weighted by Crippen LogP contribution is 2.70. The van der Waals surface area contributed by atoms with Gasteiger partial charge in [0.05, 0.1) is 20.5 Å². The van der Waals surface area contributed by atoms with Crippen LogP contribution < -0.4 is 0 Å². The predicted octanol–water partition coefficient (Wildman–Crippen LogP) is 4.93. The third kappa shape index (κ3) is 3.29. The molecule has 0 unspecified atom stereocenters. The number of benzene rings is 3. The van der Waals surface area contributed by atoms with Crippen molar-refractivity contribution >= 4 is 55.4 Å². The first-order chi connectivity index (χ1) is 18.1. The molecule has 38 heavy (non-hydrogen) atoms. The SMILES string of the molecule is Cc1ccc(C)c(C(=O)COC(=O)CN2C(=O)[C@@H]3[C@@H](C2=O)C2(Br)c4ccccc4C3(Br)c3ccccc32)c1. The Hall–Kier alpha value is -3.10. The van der Waals surface area contributed by atoms with E-state index in [1.54, 1.807) is 6.07 Å². The summed E-state index contributed by atoms with van der Waals surface area (Å²) in [5.74, 6) is -3.55. The zero-order valence-corrected chi connectivity index (χ0v) is 23.8. The molecule has 0 saturated carbocycles. The normalized spacial score (nSPS) is 26.6. The van der Waals surface area contributed by atoms with Crippen molar-refractivity contribution < 1.29 is 23.9 Å². The minimum absolute atomic E-state index is 0.338. The highest BCUT2D eigenvalue weighted by Gasteiger charge is 2.72. The van der Waals surface area contributed by atoms with Gasteiger partial charge < -0.3 is 4.74 Å². The fourth-order valence-electron chi connectivity index (χ4n) is 6.32. The summed E-state index contributed by atoms with van der Waals surface area (Å²) in [5.41, 5.74) is 5.86. The number of nitrogens with zero attached hydrogens (tertiary/aromatic N) is 1. The molecule has 1 fully saturated rings. The van der Waals surface area contributed by atoms with Crippen molar-refractivity contribution in [2.75, 3.05) is 13.2 Å². The maximum absolute atomic E-state index is 13.9. The molecule has 8 heteroatoms. The summed E-state index contributed by atoms with van der Waals surface area (Å²) in [4.78, 5) is 54.2. The first-order valence-electron chi connectivity index (χ1n) is 12.3. The number of ketones is 1. The molecule has 3 aromatic rings. The molecule has 3 aliphatic carbocycles. The second kappa shape index (κ2) is 8.71. The van der Waals surface area contributed by atoms with Gasteiger partial charge in [-0.3, -0.25) is 24.1 Å². The van der Waals surface area contributed by atoms with Crippen molar-refractivity contribution in [3.8, 4) is 0 Å². The van der Waals surface area contributed by atoms with Crippen molar-refractivity contribution in [1.82, 2.24) is 4.90 Å². The summed E-state index contributed by atoms with van der Waals surface area (Å²) >= 11 is 7.86. The molecule has 2 bridgehead atoms. The predicted molar refractivity (Wildman–Crippen MR) is 147 cm³/mol. The minimum atomic E-state index is -0.926. The lowest BCUT2D eigenvalue weighted by Crippen LogP contribution is -2.56. The maximum atomic E-state index is 13.9. The summed E-state index contributed by atoms with van der Waals surface area (Å²) in [5, 5.41) is 0. The van der Waals surface area contributed by atoms with Gasteiger partial charge in [0, 0.05) is 5.56 Å². The summed E-state index contributed by atoms with van der Waals surface area (Å²) in [6.45, 7) is 2.68. The molecule has 0 aromatic heterocycles. The monoisotopic (exact) mass is 635 g/mol. The summed E-state index contributed by atoms with van der Waals surface area (Å²) in [6.07, 6.45) is 0. The van der Waals surface area contributed by atoms with Crippen molar-refractivity contribution in [2.24, 2.45) is 11.8 Å². The molecule has 2 atom stereocenters. The van der Waals surface area contributed by atoms with Gasteiger partial charge in [0.1, 0.15) is 6.54 Å². The van der Waals surface area contributed by atoms with Gasteiger partial charge in [-0.15, -0.1) is 0 Å². The van der Waals surface area contributed by atoms with E-state index in [4.69, 9.17) is 4.74 Å². The van der Waals surface area contributed by atoms with E-state index in [2.05, 4.69) is 31.9 Å². The number of imide groups is 1. The number of rotatable bonds is 5. The molecule has 6 nitrogen and oxygen atoms in total. The van der Waals surface area contributed by atoms with Gasteiger partial charge in [0.15, 0.2) is 6.61 Å². The van der Waals surface area contributed by atoms with Crippen LogP contribution in [0.1, 0.15) is 43.7 Å². The van der Waals surface area contributed by atoms with Gasteiger partial charge in [-0.05, 0) is 47.7 Å². The molecule has 0 N–H and O–H groups in total. The number of ether oxygens (including phenoxy) is 1. The topological polar surface area (TPSA) is 80.8 Å². The van der Waals surface area contributed by atoms with Gasteiger partial charge in [-0.25, -0.2) is 0 Å². The second-order valence-corrected chi connectivity index (χ2v) is 12.6. The molecule has 192 valence electrons. The van der Waals surface area contributed by atoms with Crippen LogP contribution >= 0.6 is 31.9 Å². The fraction of sp³-hybridized carbons (Fsp3) is 0.267. The van der Waals surface area contributed by atoms with Crippen LogP contribution in [-0.2, 0) is 27.8 Å². The molecule has 1 heterocycles. The van der Waals surface area contributed by atoms with Crippen LogP contribution in [0.3, 0.4) is 0 Å². The highest BCUT2D eigenvalue weighted by molar-refractivity contribution is 9.10. The second-order valence-electron chi connectivity index (χ2n) is 10.1. The van der Waals surface area contributed by atoms with Crippen molar-refractivity contribution in [3.05, 3.63) is 106 Å². The first-order valence-corrected chi connectivity index (χ1v) is 13.9. The molecule has 0 spiro atoms. The van der Waals surface area contributed by atoms with Crippen LogP contribution in [-0.4, -0.2) is 41.6 Å². The third-order valence-electron chi connectivity index (χ3n) is 8.02. The molecule has 7 rings (SSSR count). The Balaban J connectivity index is 1.29. The Bertz CT molecular complexity index is 1440. The van der Waals surface area contributed by atoms with Crippen LogP contribution in [0.4, 0.5) is 0 Å². The van der Waals surface area contributed by atoms with Gasteiger partial charge in [0.25, 0.3) is 0 Å². The number of alkyl halides is 2. The number of likely N-dealkylation sites (tertiary alicyclic amines) is 1. The zero-order chi connectivity index (χ0) is 27.0. The van der Waals surface area contributed by atoms with Crippen LogP contribution in [0.5, 0.6) is 0 Å². The highest BCUT2D eigenvalue weighted by atomic mass is 79.9. The molecule has 1 aliphatic heterocycles. The molecule has 2 amide bonds. The van der Waals surface area contributed by atoms with Gasteiger partial charge in [-0.2, -0.15) is 0 Å². The van der Waals surface area contributed by atoms with E-state index in [9.17, 15) is 19.2 Å². The summed E-state index contributed by atoms with van der Waals surface area (Å²) in [6, 6.07) is 21.0. The number of carbonyl (C=O) groups is 4. The number of carbonyl (C=O) groups excluding carboxylic acids is 4. The van der Waals surface area contributed by atoms with E-state index >= 15 is 0 Å².